The Labute approximate surface area is 301 Å². The summed E-state index contributed by atoms with van der Waals surface area (Å²) in [5, 5.41) is 37.0. The molecule has 1 saturated heterocycles. The van der Waals surface area contributed by atoms with Crippen molar-refractivity contribution in [3.63, 3.8) is 0 Å². The summed E-state index contributed by atoms with van der Waals surface area (Å²) < 4.78 is 6.39. The number of nitrogens with zero attached hydrogens (tertiary/aromatic N) is 5. The third-order valence-corrected chi connectivity index (χ3v) is 10.5. The Morgan fingerprint density at radius 3 is 2.63 bits per heavy atom. The van der Waals surface area contributed by atoms with Crippen LogP contribution in [0.4, 0.5) is 17.2 Å². The molecule has 11 heteroatoms. The first-order valence-electron chi connectivity index (χ1n) is 17.8. The van der Waals surface area contributed by atoms with Crippen LogP contribution in [0.1, 0.15) is 46.7 Å². The smallest absolute Gasteiger partial charge is 0.234 e. The van der Waals surface area contributed by atoms with Crippen LogP contribution in [0.3, 0.4) is 0 Å². The number of nitrogens with one attached hydrogen (secondary N) is 2. The summed E-state index contributed by atoms with van der Waals surface area (Å²) in [5.41, 5.74) is 11.4. The second-order valence-electron chi connectivity index (χ2n) is 13.9. The Morgan fingerprint density at radius 2 is 1.85 bits per heavy atom. The molecular weight excluding hydrogens is 654 g/mol. The fraction of sp³-hybridized carbons (Fsp3) is 0.317. The summed E-state index contributed by atoms with van der Waals surface area (Å²) in [6, 6.07) is 18.4. The van der Waals surface area contributed by atoms with Gasteiger partial charge in [0.25, 0.3) is 0 Å². The molecule has 4 heterocycles. The Balaban J connectivity index is 1.09. The van der Waals surface area contributed by atoms with E-state index in [-0.39, 0.29) is 25.3 Å². The van der Waals surface area contributed by atoms with Gasteiger partial charge in [0, 0.05) is 61.3 Å². The molecule has 0 saturated carbocycles. The highest BCUT2D eigenvalue weighted by Crippen LogP contribution is 2.44. The van der Waals surface area contributed by atoms with Crippen molar-refractivity contribution in [3.05, 3.63) is 106 Å². The first-order chi connectivity index (χ1) is 25.3. The largest absolute Gasteiger partial charge is 0.448 e. The summed E-state index contributed by atoms with van der Waals surface area (Å²) in [6.07, 6.45) is 4.93. The van der Waals surface area contributed by atoms with Gasteiger partial charge in [-0.2, -0.15) is 0 Å². The number of hydrogen-bond donors (Lipinski definition) is 5. The lowest BCUT2D eigenvalue weighted by Gasteiger charge is -2.17. The van der Waals surface area contributed by atoms with E-state index in [0.717, 1.165) is 93.4 Å². The van der Waals surface area contributed by atoms with Crippen molar-refractivity contribution in [1.82, 2.24) is 25.2 Å². The van der Waals surface area contributed by atoms with Gasteiger partial charge in [-0.25, -0.2) is 14.8 Å². The molecule has 264 valence electrons. The maximum atomic E-state index is 9.93. The number of hydrogen-bond acceptors (Lipinski definition) is 10. The fourth-order valence-corrected chi connectivity index (χ4v) is 7.76. The molecule has 11 nitrogen and oxygen atoms in total. The Kier molecular flexibility index (Phi) is 9.17. The molecule has 1 aliphatic heterocycles. The highest BCUT2D eigenvalue weighted by molar-refractivity contribution is 5.93. The minimum atomic E-state index is -0.843. The zero-order valence-electron chi connectivity index (χ0n) is 29.2. The Hall–Kier alpha value is -5.22. The monoisotopic (exact) mass is 695 g/mol. The van der Waals surface area contributed by atoms with Gasteiger partial charge in [0.2, 0.25) is 11.6 Å². The third kappa shape index (κ3) is 6.29. The van der Waals surface area contributed by atoms with Gasteiger partial charge in [-0.05, 0) is 102 Å². The average molecular weight is 696 g/mol. The number of β-amino-alcohol motifs (C(OH)–C–C–N with tert-alkyl or cyclic N) is 1. The van der Waals surface area contributed by atoms with Gasteiger partial charge in [0.1, 0.15) is 5.52 Å². The number of anilines is 2. The maximum absolute atomic E-state index is 9.93. The lowest BCUT2D eigenvalue weighted by Crippen LogP contribution is -2.31. The minimum absolute atomic E-state index is 0.0388. The summed E-state index contributed by atoms with van der Waals surface area (Å²) >= 11 is 0. The molecule has 0 spiro atoms. The molecule has 1 fully saturated rings. The molecule has 1 unspecified atom stereocenters. The number of aliphatic hydroxyl groups is 3. The first-order valence-corrected chi connectivity index (χ1v) is 17.8. The van der Waals surface area contributed by atoms with Crippen molar-refractivity contribution in [2.45, 2.75) is 57.9 Å². The molecule has 3 aromatic heterocycles. The summed E-state index contributed by atoms with van der Waals surface area (Å²) in [7, 11) is 0. The molecule has 5 N–H and O–H groups in total. The van der Waals surface area contributed by atoms with E-state index in [1.54, 1.807) is 6.20 Å². The van der Waals surface area contributed by atoms with Gasteiger partial charge in [-0.1, -0.05) is 24.3 Å². The van der Waals surface area contributed by atoms with E-state index in [4.69, 9.17) is 21.0 Å². The van der Waals surface area contributed by atoms with E-state index in [1.165, 1.54) is 0 Å². The molecule has 0 amide bonds. The van der Waals surface area contributed by atoms with Gasteiger partial charge in [-0.15, -0.1) is 0 Å². The van der Waals surface area contributed by atoms with Crippen LogP contribution in [0, 0.1) is 20.4 Å². The van der Waals surface area contributed by atoms with Gasteiger partial charge in [0.05, 0.1) is 30.9 Å². The molecule has 6 aromatic rings. The standard InChI is InChI=1S/C41H41N7O4/c1-23-29(6-4-8-31(23)41-47-36-17-33-32(38(42-3)39(36)52-41)10-11-35(33)44-19-28(51)22-49)30-7-5-9-34(24(30)2)46-40-37-26(12-14-43-40)16-25(18-45-37)20-48-15-13-27(50)21-48/h4-9,12,14,16-18,27-28,35,44,49-51H,10-11,13,15,19-22H2,1-2H3,(H,43,46)/t27-,28?,35-/m1/s1. The van der Waals surface area contributed by atoms with Crippen LogP contribution in [0.15, 0.2) is 71.4 Å². The van der Waals surface area contributed by atoms with Crippen molar-refractivity contribution in [1.29, 1.82) is 0 Å². The second-order valence-corrected chi connectivity index (χ2v) is 13.9. The fourth-order valence-electron chi connectivity index (χ4n) is 7.76. The number of fused-ring (bicyclic) bond motifs is 3. The predicted molar refractivity (Wildman–Crippen MR) is 201 cm³/mol. The van der Waals surface area contributed by atoms with E-state index >= 15 is 0 Å². The SMILES string of the molecule is [C-]#[N+]c1c2c(cc3nc(-c4cccc(-c5cccc(Nc6nccc7cc(CN8CC[C@@H](O)C8)cnc67)c5C)c4C)oc13)[C@H](NCC(O)CO)CC2. The maximum Gasteiger partial charge on any atom is 0.234 e. The topological polar surface area (TPSA) is 144 Å². The first kappa shape index (κ1) is 33.9. The molecule has 0 bridgehead atoms. The van der Waals surface area contributed by atoms with Crippen molar-refractivity contribution < 1.29 is 19.7 Å². The van der Waals surface area contributed by atoms with E-state index in [2.05, 4.69) is 57.4 Å². The van der Waals surface area contributed by atoms with Crippen LogP contribution >= 0.6 is 0 Å². The van der Waals surface area contributed by atoms with Crippen LogP contribution in [-0.4, -0.2) is 73.6 Å². The molecule has 3 aromatic carbocycles. The van der Waals surface area contributed by atoms with Crippen molar-refractivity contribution in [2.75, 3.05) is 31.6 Å². The molecule has 1 aliphatic carbocycles. The third-order valence-electron chi connectivity index (χ3n) is 10.5. The Morgan fingerprint density at radius 1 is 1.04 bits per heavy atom. The van der Waals surface area contributed by atoms with Gasteiger partial charge in [-0.3, -0.25) is 9.88 Å². The number of oxazole rings is 1. The van der Waals surface area contributed by atoms with E-state index in [0.29, 0.717) is 35.0 Å². The minimum Gasteiger partial charge on any atom is -0.448 e. The molecule has 2 aliphatic rings. The quantitative estimate of drug-likeness (QED) is 0.101. The van der Waals surface area contributed by atoms with Gasteiger partial charge in [0.15, 0.2) is 11.4 Å². The lowest BCUT2D eigenvalue weighted by atomic mass is 9.93. The van der Waals surface area contributed by atoms with E-state index < -0.39 is 6.10 Å². The molecule has 3 atom stereocenters. The van der Waals surface area contributed by atoms with Gasteiger partial charge >= 0.3 is 0 Å². The summed E-state index contributed by atoms with van der Waals surface area (Å²) in [6.45, 7) is 14.5. The average Bonchev–Trinajstić information content (AvgIpc) is 3.88. The number of aromatic nitrogens is 3. The number of likely N-dealkylation sites (tertiary alicyclic amines) is 1. The molecule has 52 heavy (non-hydrogen) atoms. The second kappa shape index (κ2) is 14.1. The van der Waals surface area contributed by atoms with Crippen LogP contribution in [-0.2, 0) is 13.0 Å². The summed E-state index contributed by atoms with van der Waals surface area (Å²) in [5.74, 6) is 1.14. The van der Waals surface area contributed by atoms with Crippen LogP contribution in [0.25, 0.3) is 49.4 Å². The number of pyridine rings is 2. The van der Waals surface area contributed by atoms with Crippen molar-refractivity contribution in [2.24, 2.45) is 0 Å². The van der Waals surface area contributed by atoms with E-state index in [1.807, 2.05) is 42.6 Å². The van der Waals surface area contributed by atoms with E-state index in [9.17, 15) is 15.3 Å². The van der Waals surface area contributed by atoms with Crippen LogP contribution in [0.2, 0.25) is 0 Å². The Bertz CT molecular complexity index is 2350. The summed E-state index contributed by atoms with van der Waals surface area (Å²) in [4.78, 5) is 20.5. The zero-order chi connectivity index (χ0) is 35.9. The normalized spacial score (nSPS) is 17.8. The zero-order valence-corrected chi connectivity index (χ0v) is 29.2. The van der Waals surface area contributed by atoms with Crippen LogP contribution < -0.4 is 10.6 Å². The van der Waals surface area contributed by atoms with Gasteiger partial charge < -0.3 is 30.4 Å². The molecular formula is C41H41N7O4. The van der Waals surface area contributed by atoms with Crippen LogP contribution in [0.5, 0.6) is 0 Å². The van der Waals surface area contributed by atoms with Crippen molar-refractivity contribution in [3.8, 4) is 22.6 Å². The predicted octanol–water partition coefficient (Wildman–Crippen LogP) is 6.51. The highest BCUT2D eigenvalue weighted by atomic mass is 16.3. The molecule has 0 radical (unpaired) electrons. The number of rotatable bonds is 10. The lowest BCUT2D eigenvalue weighted by molar-refractivity contribution is 0.0919. The van der Waals surface area contributed by atoms with Crippen molar-refractivity contribution >= 4 is 39.2 Å². The molecule has 8 rings (SSSR count). The number of benzene rings is 3. The highest BCUT2D eigenvalue weighted by Gasteiger charge is 2.29. The number of aliphatic hydroxyl groups excluding tert-OH is 3.